The fourth-order valence-corrected chi connectivity index (χ4v) is 1.25. The second-order valence-corrected chi connectivity index (χ2v) is 3.34. The molecule has 0 unspecified atom stereocenters. The normalized spacial score (nSPS) is 11.5. The Labute approximate surface area is 86.5 Å². The van der Waals surface area contributed by atoms with Gasteiger partial charge in [0.05, 0.1) is 0 Å². The molecule has 0 saturated heterocycles. The summed E-state index contributed by atoms with van der Waals surface area (Å²) in [5.74, 6) is 0. The predicted molar refractivity (Wildman–Crippen MR) is 53.7 cm³/mol. The van der Waals surface area contributed by atoms with Gasteiger partial charge in [-0.1, -0.05) is 12.1 Å². The lowest BCUT2D eigenvalue weighted by molar-refractivity contribution is -0.119. The third kappa shape index (κ3) is 3.79. The summed E-state index contributed by atoms with van der Waals surface area (Å²) in [6, 6.07) is 6.71. The Morgan fingerprint density at radius 2 is 1.73 bits per heavy atom. The number of hydrogen-bond acceptors (Lipinski definition) is 2. The average Bonchev–Trinajstić information content (AvgIpc) is 2.15. The van der Waals surface area contributed by atoms with E-state index >= 15 is 0 Å². The van der Waals surface area contributed by atoms with Crippen LogP contribution in [0.4, 0.5) is 18.9 Å². The number of anilines is 1. The van der Waals surface area contributed by atoms with Gasteiger partial charge < -0.3 is 10.6 Å². The third-order valence-corrected chi connectivity index (χ3v) is 2.03. The fourth-order valence-electron chi connectivity index (χ4n) is 1.25. The minimum Gasteiger partial charge on any atom is -0.366 e. The third-order valence-electron chi connectivity index (χ3n) is 2.03. The molecular formula is C10H13F3N2. The molecule has 0 fully saturated rings. The molecule has 0 aliphatic rings. The first-order valence-corrected chi connectivity index (χ1v) is 4.49. The van der Waals surface area contributed by atoms with Crippen molar-refractivity contribution in [1.29, 1.82) is 0 Å². The van der Waals surface area contributed by atoms with Gasteiger partial charge in [0.1, 0.15) is 6.54 Å². The molecule has 0 aromatic heterocycles. The summed E-state index contributed by atoms with van der Waals surface area (Å²) in [5, 5.41) is 0. The van der Waals surface area contributed by atoms with Crippen LogP contribution in [0.3, 0.4) is 0 Å². The van der Waals surface area contributed by atoms with Crippen LogP contribution in [0, 0.1) is 0 Å². The maximum absolute atomic E-state index is 12.1. The Hall–Kier alpha value is -1.23. The Bertz CT molecular complexity index is 305. The van der Waals surface area contributed by atoms with Crippen molar-refractivity contribution in [2.45, 2.75) is 12.7 Å². The number of alkyl halides is 3. The maximum atomic E-state index is 12.1. The van der Waals surface area contributed by atoms with Gasteiger partial charge in [0, 0.05) is 19.3 Å². The SMILES string of the molecule is CN(CC(F)(F)F)c1ccc(CN)cc1. The van der Waals surface area contributed by atoms with Gasteiger partial charge in [-0.05, 0) is 17.7 Å². The summed E-state index contributed by atoms with van der Waals surface area (Å²) in [5.41, 5.74) is 6.82. The Kier molecular flexibility index (Phi) is 3.57. The van der Waals surface area contributed by atoms with E-state index in [4.69, 9.17) is 5.73 Å². The molecule has 5 heteroatoms. The molecule has 2 nitrogen and oxygen atoms in total. The topological polar surface area (TPSA) is 29.3 Å². The number of benzene rings is 1. The number of nitrogens with two attached hydrogens (primary N) is 1. The van der Waals surface area contributed by atoms with E-state index in [-0.39, 0.29) is 0 Å². The minimum atomic E-state index is -4.18. The van der Waals surface area contributed by atoms with E-state index in [1.165, 1.54) is 7.05 Å². The van der Waals surface area contributed by atoms with Gasteiger partial charge in [-0.15, -0.1) is 0 Å². The molecule has 2 N–H and O–H groups in total. The molecule has 0 heterocycles. The summed E-state index contributed by atoms with van der Waals surface area (Å²) in [6.07, 6.45) is -4.18. The van der Waals surface area contributed by atoms with Gasteiger partial charge in [0.2, 0.25) is 0 Å². The average molecular weight is 218 g/mol. The second-order valence-electron chi connectivity index (χ2n) is 3.34. The highest BCUT2D eigenvalue weighted by Gasteiger charge is 2.29. The Morgan fingerprint density at radius 3 is 2.13 bits per heavy atom. The number of nitrogens with zero attached hydrogens (tertiary/aromatic N) is 1. The van der Waals surface area contributed by atoms with E-state index in [1.54, 1.807) is 24.3 Å². The molecule has 1 aromatic carbocycles. The quantitative estimate of drug-likeness (QED) is 0.842. The minimum absolute atomic E-state index is 0.392. The van der Waals surface area contributed by atoms with Crippen molar-refractivity contribution in [3.8, 4) is 0 Å². The van der Waals surface area contributed by atoms with E-state index in [0.717, 1.165) is 10.5 Å². The van der Waals surface area contributed by atoms with Crippen molar-refractivity contribution >= 4 is 5.69 Å². The van der Waals surface area contributed by atoms with E-state index in [9.17, 15) is 13.2 Å². The summed E-state index contributed by atoms with van der Waals surface area (Å²) in [7, 11) is 1.41. The van der Waals surface area contributed by atoms with Gasteiger partial charge >= 0.3 is 6.18 Å². The molecule has 1 aromatic rings. The van der Waals surface area contributed by atoms with E-state index in [0.29, 0.717) is 12.2 Å². The first-order valence-electron chi connectivity index (χ1n) is 4.49. The van der Waals surface area contributed by atoms with E-state index < -0.39 is 12.7 Å². The van der Waals surface area contributed by atoms with Gasteiger partial charge in [-0.25, -0.2) is 0 Å². The van der Waals surface area contributed by atoms with Gasteiger partial charge in [0.25, 0.3) is 0 Å². The van der Waals surface area contributed by atoms with Crippen LogP contribution >= 0.6 is 0 Å². The van der Waals surface area contributed by atoms with Crippen molar-refractivity contribution in [3.63, 3.8) is 0 Å². The molecule has 0 saturated carbocycles. The van der Waals surface area contributed by atoms with Gasteiger partial charge in [0.15, 0.2) is 0 Å². The molecule has 0 spiro atoms. The van der Waals surface area contributed by atoms with Crippen LogP contribution in [-0.4, -0.2) is 19.8 Å². The first-order chi connectivity index (χ1) is 6.92. The smallest absolute Gasteiger partial charge is 0.366 e. The number of rotatable bonds is 3. The van der Waals surface area contributed by atoms with Crippen molar-refractivity contribution in [2.75, 3.05) is 18.5 Å². The summed E-state index contributed by atoms with van der Waals surface area (Å²) in [6.45, 7) is -0.557. The van der Waals surface area contributed by atoms with Crippen LogP contribution < -0.4 is 10.6 Å². The standard InChI is InChI=1S/C10H13F3N2/c1-15(7-10(11,12)13)9-4-2-8(6-14)3-5-9/h2-5H,6-7,14H2,1H3. The molecule has 1 rings (SSSR count). The first kappa shape index (κ1) is 11.8. The highest BCUT2D eigenvalue weighted by molar-refractivity contribution is 5.46. The van der Waals surface area contributed by atoms with Crippen molar-refractivity contribution < 1.29 is 13.2 Å². The van der Waals surface area contributed by atoms with Gasteiger partial charge in [-0.3, -0.25) is 0 Å². The van der Waals surface area contributed by atoms with Crippen LogP contribution in [0.25, 0.3) is 0 Å². The Morgan fingerprint density at radius 1 is 1.20 bits per heavy atom. The van der Waals surface area contributed by atoms with Crippen molar-refractivity contribution in [3.05, 3.63) is 29.8 Å². The van der Waals surface area contributed by atoms with Gasteiger partial charge in [-0.2, -0.15) is 13.2 Å². The van der Waals surface area contributed by atoms with E-state index in [1.807, 2.05) is 0 Å². The molecule has 0 aliphatic carbocycles. The Balaban J connectivity index is 2.70. The number of hydrogen-bond donors (Lipinski definition) is 1. The van der Waals surface area contributed by atoms with Crippen LogP contribution in [0.1, 0.15) is 5.56 Å². The molecule has 84 valence electrons. The lowest BCUT2D eigenvalue weighted by Gasteiger charge is -2.20. The summed E-state index contributed by atoms with van der Waals surface area (Å²) in [4.78, 5) is 1.15. The lowest BCUT2D eigenvalue weighted by atomic mass is 10.2. The van der Waals surface area contributed by atoms with E-state index in [2.05, 4.69) is 0 Å². The zero-order chi connectivity index (χ0) is 11.5. The molecule has 0 aliphatic heterocycles. The molecule has 15 heavy (non-hydrogen) atoms. The molecule has 0 radical (unpaired) electrons. The highest BCUT2D eigenvalue weighted by Crippen LogP contribution is 2.20. The highest BCUT2D eigenvalue weighted by atomic mass is 19.4. The summed E-state index contributed by atoms with van der Waals surface area (Å²) < 4.78 is 36.2. The van der Waals surface area contributed by atoms with Crippen LogP contribution in [0.15, 0.2) is 24.3 Å². The zero-order valence-corrected chi connectivity index (χ0v) is 8.38. The predicted octanol–water partition coefficient (Wildman–Crippen LogP) is 2.14. The molecule has 0 amide bonds. The summed E-state index contributed by atoms with van der Waals surface area (Å²) >= 11 is 0. The molecular weight excluding hydrogens is 205 g/mol. The number of halogens is 3. The van der Waals surface area contributed by atoms with Crippen molar-refractivity contribution in [1.82, 2.24) is 0 Å². The monoisotopic (exact) mass is 218 g/mol. The lowest BCUT2D eigenvalue weighted by Crippen LogP contribution is -2.30. The fraction of sp³-hybridized carbons (Fsp3) is 0.400. The van der Waals surface area contributed by atoms with Crippen LogP contribution in [-0.2, 0) is 6.54 Å². The van der Waals surface area contributed by atoms with Crippen LogP contribution in [0.5, 0.6) is 0 Å². The zero-order valence-electron chi connectivity index (χ0n) is 8.38. The van der Waals surface area contributed by atoms with Crippen LogP contribution in [0.2, 0.25) is 0 Å². The maximum Gasteiger partial charge on any atom is 0.405 e. The van der Waals surface area contributed by atoms with Crippen molar-refractivity contribution in [2.24, 2.45) is 5.73 Å². The molecule has 0 atom stereocenters. The largest absolute Gasteiger partial charge is 0.405 e. The second kappa shape index (κ2) is 4.53. The molecule has 0 bridgehead atoms.